The largest absolute Gasteiger partial charge is 0.449 e. The lowest BCUT2D eigenvalue weighted by Crippen LogP contribution is -2.52. The van der Waals surface area contributed by atoms with Crippen LogP contribution in [0.5, 0.6) is 0 Å². The second-order valence-corrected chi connectivity index (χ2v) is 4.77. The molecule has 0 aromatic rings. The number of amides is 2. The highest BCUT2D eigenvalue weighted by Crippen LogP contribution is 2.06. The Balaban J connectivity index is 2.38. The van der Waals surface area contributed by atoms with Crippen LogP contribution in [0, 0.1) is 5.92 Å². The van der Waals surface area contributed by atoms with E-state index in [0.29, 0.717) is 25.6 Å². The zero-order valence-corrected chi connectivity index (χ0v) is 10.9. The van der Waals surface area contributed by atoms with Crippen LogP contribution in [-0.4, -0.2) is 54.6 Å². The molecule has 0 saturated carbocycles. The van der Waals surface area contributed by atoms with Crippen molar-refractivity contribution < 1.29 is 14.3 Å². The molecule has 1 saturated heterocycles. The smallest absolute Gasteiger partial charge is 0.410 e. The lowest BCUT2D eigenvalue weighted by molar-refractivity contribution is -0.135. The van der Waals surface area contributed by atoms with Crippen LogP contribution in [0.4, 0.5) is 4.79 Å². The molecule has 0 N–H and O–H groups in total. The van der Waals surface area contributed by atoms with Gasteiger partial charge >= 0.3 is 6.09 Å². The van der Waals surface area contributed by atoms with Crippen molar-refractivity contribution in [1.29, 1.82) is 0 Å². The van der Waals surface area contributed by atoms with Crippen LogP contribution in [0.15, 0.2) is 0 Å². The van der Waals surface area contributed by atoms with Gasteiger partial charge in [0.25, 0.3) is 0 Å². The second kappa shape index (κ2) is 6.47. The Morgan fingerprint density at radius 2 is 2.12 bits per heavy atom. The van der Waals surface area contributed by atoms with E-state index < -0.39 is 0 Å². The van der Waals surface area contributed by atoms with Crippen molar-refractivity contribution in [2.45, 2.75) is 27.2 Å². The van der Waals surface area contributed by atoms with Gasteiger partial charge in [0.15, 0.2) is 0 Å². The lowest BCUT2D eigenvalue weighted by Gasteiger charge is -2.33. The number of hydrogen-bond acceptors (Lipinski definition) is 3. The van der Waals surface area contributed by atoms with Crippen molar-refractivity contribution in [3.63, 3.8) is 0 Å². The van der Waals surface area contributed by atoms with E-state index in [9.17, 15) is 9.59 Å². The molecule has 1 heterocycles. The van der Waals surface area contributed by atoms with Gasteiger partial charge in [-0.05, 0) is 12.3 Å². The molecule has 1 fully saturated rings. The summed E-state index contributed by atoms with van der Waals surface area (Å²) in [5, 5.41) is 0. The van der Waals surface area contributed by atoms with E-state index in [1.807, 2.05) is 20.8 Å². The standard InChI is InChI=1S/C12H22N2O3/c1-4-5-13-6-7-14(8-11(13)15)12(16)17-9-10(2)3/h10H,4-9H2,1-3H3. The molecule has 1 rings (SSSR count). The van der Waals surface area contributed by atoms with Gasteiger partial charge in [-0.15, -0.1) is 0 Å². The van der Waals surface area contributed by atoms with Gasteiger partial charge in [0.2, 0.25) is 5.91 Å². The number of carbonyl (C=O) groups excluding carboxylic acids is 2. The number of rotatable bonds is 4. The molecule has 0 bridgehead atoms. The Hall–Kier alpha value is -1.26. The monoisotopic (exact) mass is 242 g/mol. The molecule has 1 aliphatic heterocycles. The predicted octanol–water partition coefficient (Wildman–Crippen LogP) is 1.33. The molecule has 0 radical (unpaired) electrons. The SMILES string of the molecule is CCCN1CCN(C(=O)OCC(C)C)CC1=O. The molecule has 0 spiro atoms. The van der Waals surface area contributed by atoms with Crippen LogP contribution in [0.1, 0.15) is 27.2 Å². The van der Waals surface area contributed by atoms with E-state index in [4.69, 9.17) is 4.74 Å². The number of nitrogens with zero attached hydrogens (tertiary/aromatic N) is 2. The van der Waals surface area contributed by atoms with E-state index in [0.717, 1.165) is 13.0 Å². The summed E-state index contributed by atoms with van der Waals surface area (Å²) in [6, 6.07) is 0. The maximum Gasteiger partial charge on any atom is 0.410 e. The Bertz CT molecular complexity index is 279. The minimum atomic E-state index is -0.372. The molecule has 1 aliphatic rings. The molecular formula is C12H22N2O3. The summed E-state index contributed by atoms with van der Waals surface area (Å²) in [5.74, 6) is 0.329. The minimum Gasteiger partial charge on any atom is -0.449 e. The Kier molecular flexibility index (Phi) is 5.25. The fourth-order valence-electron chi connectivity index (χ4n) is 1.70. The average Bonchev–Trinajstić information content (AvgIpc) is 2.28. The zero-order chi connectivity index (χ0) is 12.8. The van der Waals surface area contributed by atoms with Crippen LogP contribution in [0.2, 0.25) is 0 Å². The normalized spacial score (nSPS) is 16.6. The van der Waals surface area contributed by atoms with Gasteiger partial charge in [-0.2, -0.15) is 0 Å². The van der Waals surface area contributed by atoms with E-state index in [2.05, 4.69) is 0 Å². The van der Waals surface area contributed by atoms with Crippen LogP contribution in [-0.2, 0) is 9.53 Å². The third kappa shape index (κ3) is 4.24. The Morgan fingerprint density at radius 1 is 1.41 bits per heavy atom. The van der Waals surface area contributed by atoms with Gasteiger partial charge in [0.05, 0.1) is 6.61 Å². The van der Waals surface area contributed by atoms with Gasteiger partial charge in [-0.3, -0.25) is 9.69 Å². The fraction of sp³-hybridized carbons (Fsp3) is 0.833. The maximum absolute atomic E-state index is 11.7. The highest BCUT2D eigenvalue weighted by molar-refractivity contribution is 5.83. The molecule has 0 unspecified atom stereocenters. The lowest BCUT2D eigenvalue weighted by atomic mass is 10.2. The average molecular weight is 242 g/mol. The molecule has 17 heavy (non-hydrogen) atoms. The van der Waals surface area contributed by atoms with E-state index in [1.54, 1.807) is 4.90 Å². The molecule has 5 heteroatoms. The third-order valence-corrected chi connectivity index (χ3v) is 2.61. The highest BCUT2D eigenvalue weighted by Gasteiger charge is 2.27. The van der Waals surface area contributed by atoms with Crippen molar-refractivity contribution in [3.05, 3.63) is 0 Å². The minimum absolute atomic E-state index is 0.0135. The summed E-state index contributed by atoms with van der Waals surface area (Å²) in [7, 11) is 0. The van der Waals surface area contributed by atoms with Crippen molar-refractivity contribution >= 4 is 12.0 Å². The topological polar surface area (TPSA) is 49.9 Å². The first-order valence-electron chi connectivity index (χ1n) is 6.24. The van der Waals surface area contributed by atoms with Gasteiger partial charge in [0.1, 0.15) is 6.54 Å². The fourth-order valence-corrected chi connectivity index (χ4v) is 1.70. The molecule has 0 aromatic heterocycles. The number of ether oxygens (including phenoxy) is 1. The molecule has 0 aromatic carbocycles. The number of hydrogen-bond donors (Lipinski definition) is 0. The van der Waals surface area contributed by atoms with Gasteiger partial charge in [-0.1, -0.05) is 20.8 Å². The molecule has 5 nitrogen and oxygen atoms in total. The second-order valence-electron chi connectivity index (χ2n) is 4.77. The quantitative estimate of drug-likeness (QED) is 0.747. The Morgan fingerprint density at radius 3 is 2.65 bits per heavy atom. The van der Waals surface area contributed by atoms with E-state index in [-0.39, 0.29) is 18.5 Å². The van der Waals surface area contributed by atoms with Crippen LogP contribution in [0.25, 0.3) is 0 Å². The van der Waals surface area contributed by atoms with Gasteiger partial charge in [0, 0.05) is 19.6 Å². The number of carbonyl (C=O) groups is 2. The Labute approximate surface area is 103 Å². The van der Waals surface area contributed by atoms with Gasteiger partial charge < -0.3 is 9.64 Å². The molecule has 0 aliphatic carbocycles. The van der Waals surface area contributed by atoms with Crippen LogP contribution >= 0.6 is 0 Å². The van der Waals surface area contributed by atoms with Crippen LogP contribution in [0.3, 0.4) is 0 Å². The van der Waals surface area contributed by atoms with Crippen molar-refractivity contribution in [1.82, 2.24) is 9.80 Å². The summed E-state index contributed by atoms with van der Waals surface area (Å²) >= 11 is 0. The summed E-state index contributed by atoms with van der Waals surface area (Å²) in [5.41, 5.74) is 0. The van der Waals surface area contributed by atoms with E-state index >= 15 is 0 Å². The number of piperazine rings is 1. The summed E-state index contributed by atoms with van der Waals surface area (Å²) in [6.07, 6.45) is 0.576. The van der Waals surface area contributed by atoms with Crippen molar-refractivity contribution in [2.75, 3.05) is 32.8 Å². The zero-order valence-electron chi connectivity index (χ0n) is 10.9. The molecule has 0 atom stereocenters. The van der Waals surface area contributed by atoms with E-state index in [1.165, 1.54) is 4.90 Å². The highest BCUT2D eigenvalue weighted by atomic mass is 16.6. The summed E-state index contributed by atoms with van der Waals surface area (Å²) in [4.78, 5) is 26.6. The van der Waals surface area contributed by atoms with Crippen LogP contribution < -0.4 is 0 Å². The first kappa shape index (κ1) is 13.8. The maximum atomic E-state index is 11.7. The molecule has 98 valence electrons. The first-order valence-corrected chi connectivity index (χ1v) is 6.24. The summed E-state index contributed by atoms with van der Waals surface area (Å²) < 4.78 is 5.10. The third-order valence-electron chi connectivity index (χ3n) is 2.61. The van der Waals surface area contributed by atoms with Gasteiger partial charge in [-0.25, -0.2) is 4.79 Å². The summed E-state index contributed by atoms with van der Waals surface area (Å²) in [6.45, 7) is 8.52. The van der Waals surface area contributed by atoms with Crippen molar-refractivity contribution in [2.24, 2.45) is 5.92 Å². The molecular weight excluding hydrogens is 220 g/mol. The first-order chi connectivity index (χ1) is 8.04. The predicted molar refractivity (Wildman–Crippen MR) is 64.6 cm³/mol. The molecule has 2 amide bonds. The van der Waals surface area contributed by atoms with Crippen molar-refractivity contribution in [3.8, 4) is 0 Å².